The van der Waals surface area contributed by atoms with Crippen molar-refractivity contribution >= 4 is 16.6 Å². The van der Waals surface area contributed by atoms with Gasteiger partial charge in [0.1, 0.15) is 0 Å². The maximum absolute atomic E-state index is 5.97. The van der Waals surface area contributed by atoms with Crippen LogP contribution in [0.1, 0.15) is 19.4 Å². The molecule has 1 heterocycles. The van der Waals surface area contributed by atoms with Gasteiger partial charge in [0.05, 0.1) is 0 Å². The number of nitrogens with zero attached hydrogens (tertiary/aromatic N) is 1. The van der Waals surface area contributed by atoms with Crippen LogP contribution in [0.3, 0.4) is 0 Å². The number of nitrogen functional groups attached to an aromatic ring is 1. The van der Waals surface area contributed by atoms with Gasteiger partial charge < -0.3 is 10.3 Å². The highest BCUT2D eigenvalue weighted by Crippen LogP contribution is 2.34. The van der Waals surface area contributed by atoms with E-state index in [-0.39, 0.29) is 0 Å². The Morgan fingerprint density at radius 2 is 1.85 bits per heavy atom. The van der Waals surface area contributed by atoms with E-state index in [4.69, 9.17) is 10.3 Å². The van der Waals surface area contributed by atoms with E-state index in [1.807, 2.05) is 18.2 Å². The summed E-state index contributed by atoms with van der Waals surface area (Å²) in [6.07, 6.45) is 0.869. The largest absolute Gasteiger partial charge is 0.381 e. The van der Waals surface area contributed by atoms with Gasteiger partial charge >= 0.3 is 0 Å². The van der Waals surface area contributed by atoms with Gasteiger partial charge in [-0.3, -0.25) is 0 Å². The van der Waals surface area contributed by atoms with Gasteiger partial charge in [0.15, 0.2) is 11.6 Å². The molecule has 0 radical (unpaired) electrons. The van der Waals surface area contributed by atoms with Crippen LogP contribution in [0.25, 0.3) is 22.1 Å². The van der Waals surface area contributed by atoms with E-state index in [1.54, 1.807) is 0 Å². The number of hydrogen-bond acceptors (Lipinski definition) is 3. The maximum atomic E-state index is 5.97. The fourth-order valence-corrected chi connectivity index (χ4v) is 2.56. The van der Waals surface area contributed by atoms with E-state index in [0.29, 0.717) is 11.7 Å². The van der Waals surface area contributed by atoms with Crippen LogP contribution in [-0.2, 0) is 6.42 Å². The van der Waals surface area contributed by atoms with Crippen LogP contribution >= 0.6 is 0 Å². The molecule has 0 aliphatic heterocycles. The first-order valence-corrected chi connectivity index (χ1v) is 6.89. The third-order valence-corrected chi connectivity index (χ3v) is 3.47. The molecule has 0 spiro atoms. The Labute approximate surface area is 118 Å². The molecular weight excluding hydrogens is 248 g/mol. The van der Waals surface area contributed by atoms with E-state index >= 15 is 0 Å². The summed E-state index contributed by atoms with van der Waals surface area (Å²) < 4.78 is 5.52. The zero-order chi connectivity index (χ0) is 14.1. The molecule has 0 fully saturated rings. The second-order valence-corrected chi connectivity index (χ2v) is 5.50. The van der Waals surface area contributed by atoms with E-state index in [0.717, 1.165) is 28.7 Å². The SMILES string of the molecule is CC(C)Cc1c(N)noc1-c1cccc2ccccc12. The van der Waals surface area contributed by atoms with E-state index in [1.165, 1.54) is 5.39 Å². The molecule has 0 bridgehead atoms. The standard InChI is InChI=1S/C17H18N2O/c1-11(2)10-15-16(20-19-17(15)18)14-9-5-7-12-6-3-4-8-13(12)14/h3-9,11H,10H2,1-2H3,(H2,18,19). The molecule has 2 N–H and O–H groups in total. The molecule has 0 atom stereocenters. The Balaban J connectivity index is 2.21. The lowest BCUT2D eigenvalue weighted by Gasteiger charge is -2.07. The number of anilines is 1. The summed E-state index contributed by atoms with van der Waals surface area (Å²) in [7, 11) is 0. The first-order chi connectivity index (χ1) is 9.66. The quantitative estimate of drug-likeness (QED) is 0.770. The first kappa shape index (κ1) is 12.7. The normalized spacial score (nSPS) is 11.3. The summed E-state index contributed by atoms with van der Waals surface area (Å²) in [4.78, 5) is 0. The van der Waals surface area contributed by atoms with Crippen molar-refractivity contribution in [3.8, 4) is 11.3 Å². The summed E-state index contributed by atoms with van der Waals surface area (Å²) in [6, 6.07) is 14.5. The fraction of sp³-hybridized carbons (Fsp3) is 0.235. The molecule has 0 saturated heterocycles. The highest BCUT2D eigenvalue weighted by Gasteiger charge is 2.18. The van der Waals surface area contributed by atoms with Crippen LogP contribution in [0.4, 0.5) is 5.82 Å². The molecule has 3 aromatic rings. The summed E-state index contributed by atoms with van der Waals surface area (Å²) in [5.41, 5.74) is 8.04. The topological polar surface area (TPSA) is 52.0 Å². The number of nitrogens with two attached hydrogens (primary N) is 1. The molecule has 3 rings (SSSR count). The fourth-order valence-electron chi connectivity index (χ4n) is 2.56. The highest BCUT2D eigenvalue weighted by atomic mass is 16.5. The average Bonchev–Trinajstić information content (AvgIpc) is 2.79. The van der Waals surface area contributed by atoms with Gasteiger partial charge in [-0.25, -0.2) is 0 Å². The minimum Gasteiger partial charge on any atom is -0.381 e. The first-order valence-electron chi connectivity index (χ1n) is 6.89. The van der Waals surface area contributed by atoms with Crippen LogP contribution in [0.5, 0.6) is 0 Å². The summed E-state index contributed by atoms with van der Waals surface area (Å²) in [6.45, 7) is 4.33. The van der Waals surface area contributed by atoms with Crippen molar-refractivity contribution < 1.29 is 4.52 Å². The predicted molar refractivity (Wildman–Crippen MR) is 82.4 cm³/mol. The number of fused-ring (bicyclic) bond motifs is 1. The molecule has 0 saturated carbocycles. The minimum atomic E-state index is 0.502. The predicted octanol–water partition coefficient (Wildman–Crippen LogP) is 4.28. The monoisotopic (exact) mass is 266 g/mol. The van der Waals surface area contributed by atoms with Crippen molar-refractivity contribution in [1.82, 2.24) is 5.16 Å². The maximum Gasteiger partial charge on any atom is 0.172 e. The van der Waals surface area contributed by atoms with Gasteiger partial charge in [-0.05, 0) is 23.1 Å². The molecule has 102 valence electrons. The van der Waals surface area contributed by atoms with Gasteiger partial charge in [0.25, 0.3) is 0 Å². The molecule has 3 heteroatoms. The molecule has 0 unspecified atom stereocenters. The lowest BCUT2D eigenvalue weighted by molar-refractivity contribution is 0.435. The summed E-state index contributed by atoms with van der Waals surface area (Å²) >= 11 is 0. The smallest absolute Gasteiger partial charge is 0.172 e. The van der Waals surface area contributed by atoms with Gasteiger partial charge in [-0.15, -0.1) is 0 Å². The van der Waals surface area contributed by atoms with Gasteiger partial charge in [0.2, 0.25) is 0 Å². The van der Waals surface area contributed by atoms with E-state index < -0.39 is 0 Å². The van der Waals surface area contributed by atoms with Crippen LogP contribution in [0.15, 0.2) is 47.0 Å². The van der Waals surface area contributed by atoms with Crippen LogP contribution < -0.4 is 5.73 Å². The molecule has 1 aromatic heterocycles. The Kier molecular flexibility index (Phi) is 3.18. The molecule has 0 aliphatic rings. The summed E-state index contributed by atoms with van der Waals surface area (Å²) in [5.74, 6) is 1.81. The van der Waals surface area contributed by atoms with Crippen molar-refractivity contribution in [2.75, 3.05) is 5.73 Å². The molecule has 2 aromatic carbocycles. The molecule has 3 nitrogen and oxygen atoms in total. The van der Waals surface area contributed by atoms with Gasteiger partial charge in [0, 0.05) is 11.1 Å². The van der Waals surface area contributed by atoms with Gasteiger partial charge in [-0.1, -0.05) is 61.5 Å². The minimum absolute atomic E-state index is 0.502. The number of aromatic nitrogens is 1. The Morgan fingerprint density at radius 1 is 1.10 bits per heavy atom. The zero-order valence-corrected chi connectivity index (χ0v) is 11.8. The average molecular weight is 266 g/mol. The third kappa shape index (κ3) is 2.16. The second-order valence-electron chi connectivity index (χ2n) is 5.50. The molecular formula is C17H18N2O. The van der Waals surface area contributed by atoms with Crippen LogP contribution in [0, 0.1) is 5.92 Å². The van der Waals surface area contributed by atoms with Crippen molar-refractivity contribution in [1.29, 1.82) is 0 Å². The zero-order valence-electron chi connectivity index (χ0n) is 11.8. The Bertz CT molecular complexity index is 738. The number of hydrogen-bond donors (Lipinski definition) is 1. The van der Waals surface area contributed by atoms with Crippen molar-refractivity contribution in [2.45, 2.75) is 20.3 Å². The van der Waals surface area contributed by atoms with Crippen LogP contribution in [-0.4, -0.2) is 5.16 Å². The lowest BCUT2D eigenvalue weighted by Crippen LogP contribution is -1.99. The van der Waals surface area contributed by atoms with E-state index in [9.17, 15) is 0 Å². The van der Waals surface area contributed by atoms with E-state index in [2.05, 4.69) is 43.3 Å². The summed E-state index contributed by atoms with van der Waals surface area (Å²) in [5, 5.41) is 6.31. The number of rotatable bonds is 3. The lowest BCUT2D eigenvalue weighted by atomic mass is 9.96. The Morgan fingerprint density at radius 3 is 2.65 bits per heavy atom. The van der Waals surface area contributed by atoms with Crippen LogP contribution in [0.2, 0.25) is 0 Å². The Hall–Kier alpha value is -2.29. The highest BCUT2D eigenvalue weighted by molar-refractivity contribution is 5.96. The van der Waals surface area contributed by atoms with Crippen molar-refractivity contribution in [2.24, 2.45) is 5.92 Å². The molecule has 0 amide bonds. The van der Waals surface area contributed by atoms with Crippen molar-refractivity contribution in [3.05, 3.63) is 48.0 Å². The van der Waals surface area contributed by atoms with Gasteiger partial charge in [-0.2, -0.15) is 0 Å². The molecule has 20 heavy (non-hydrogen) atoms. The number of benzene rings is 2. The van der Waals surface area contributed by atoms with Crippen molar-refractivity contribution in [3.63, 3.8) is 0 Å². The molecule has 0 aliphatic carbocycles. The second kappa shape index (κ2) is 5.00. The third-order valence-electron chi connectivity index (χ3n) is 3.47.